The third-order valence-corrected chi connectivity index (χ3v) is 3.63. The van der Waals surface area contributed by atoms with Crippen LogP contribution in [0.25, 0.3) is 0 Å². The van der Waals surface area contributed by atoms with E-state index in [2.05, 4.69) is 5.32 Å². The molecule has 1 aliphatic carbocycles. The lowest BCUT2D eigenvalue weighted by Crippen LogP contribution is -2.40. The van der Waals surface area contributed by atoms with Gasteiger partial charge in [-0.05, 0) is 25.8 Å². The lowest BCUT2D eigenvalue weighted by Gasteiger charge is -2.26. The van der Waals surface area contributed by atoms with Crippen LogP contribution >= 0.6 is 12.4 Å². The van der Waals surface area contributed by atoms with Crippen molar-refractivity contribution in [1.82, 2.24) is 10.2 Å². The van der Waals surface area contributed by atoms with Crippen LogP contribution in [0.5, 0.6) is 0 Å². The second kappa shape index (κ2) is 5.71. The van der Waals surface area contributed by atoms with Gasteiger partial charge in [0.1, 0.15) is 0 Å². The molecule has 0 aromatic carbocycles. The van der Waals surface area contributed by atoms with Crippen LogP contribution in [0.2, 0.25) is 0 Å². The number of hydrogen-bond acceptors (Lipinski definition) is 2. The Bertz CT molecular complexity index is 211. The van der Waals surface area contributed by atoms with Crippen LogP contribution in [0.1, 0.15) is 32.1 Å². The Hall–Kier alpha value is -0.280. The molecule has 88 valence electrons. The highest BCUT2D eigenvalue weighted by atomic mass is 35.5. The number of rotatable bonds is 2. The monoisotopic (exact) mass is 232 g/mol. The van der Waals surface area contributed by atoms with E-state index in [1.54, 1.807) is 0 Å². The van der Waals surface area contributed by atoms with Crippen LogP contribution in [-0.4, -0.2) is 37.0 Å². The molecule has 1 saturated heterocycles. The van der Waals surface area contributed by atoms with Gasteiger partial charge in [0.05, 0.1) is 5.92 Å². The fourth-order valence-electron chi connectivity index (χ4n) is 2.62. The summed E-state index contributed by atoms with van der Waals surface area (Å²) in [5, 5.41) is 3.25. The Balaban J connectivity index is 0.00000112. The summed E-state index contributed by atoms with van der Waals surface area (Å²) in [6.07, 6.45) is 6.04. The zero-order chi connectivity index (χ0) is 9.97. The molecular weight excluding hydrogens is 212 g/mol. The summed E-state index contributed by atoms with van der Waals surface area (Å²) in [7, 11) is 1.98. The summed E-state index contributed by atoms with van der Waals surface area (Å²) < 4.78 is 0. The van der Waals surface area contributed by atoms with Gasteiger partial charge in [0.2, 0.25) is 5.91 Å². The lowest BCUT2D eigenvalue weighted by molar-refractivity contribution is -0.135. The topological polar surface area (TPSA) is 32.3 Å². The van der Waals surface area contributed by atoms with E-state index in [9.17, 15) is 4.79 Å². The van der Waals surface area contributed by atoms with Crippen molar-refractivity contribution in [3.63, 3.8) is 0 Å². The number of nitrogens with zero attached hydrogens (tertiary/aromatic N) is 1. The SMILES string of the molecule is CN(C(=O)[C@H]1CCNC1)C1CCCC1.Cl. The molecule has 2 fully saturated rings. The molecule has 2 rings (SSSR count). The maximum absolute atomic E-state index is 12.0. The minimum absolute atomic E-state index is 0. The summed E-state index contributed by atoms with van der Waals surface area (Å²) >= 11 is 0. The van der Waals surface area contributed by atoms with Crippen molar-refractivity contribution >= 4 is 18.3 Å². The summed E-state index contributed by atoms with van der Waals surface area (Å²) in [6.45, 7) is 1.89. The smallest absolute Gasteiger partial charge is 0.227 e. The zero-order valence-electron chi connectivity index (χ0n) is 9.37. The van der Waals surface area contributed by atoms with E-state index in [-0.39, 0.29) is 18.3 Å². The van der Waals surface area contributed by atoms with Gasteiger partial charge in [-0.2, -0.15) is 0 Å². The Labute approximate surface area is 98.0 Å². The van der Waals surface area contributed by atoms with Crippen LogP contribution in [0, 0.1) is 5.92 Å². The first-order valence-electron chi connectivity index (χ1n) is 5.76. The third kappa shape index (κ3) is 2.85. The highest BCUT2D eigenvalue weighted by molar-refractivity contribution is 5.85. The number of hydrogen-bond donors (Lipinski definition) is 1. The molecular formula is C11H21ClN2O. The molecule has 1 amide bonds. The summed E-state index contributed by atoms with van der Waals surface area (Å²) in [6, 6.07) is 0.531. The van der Waals surface area contributed by atoms with Crippen LogP contribution in [-0.2, 0) is 4.79 Å². The molecule has 15 heavy (non-hydrogen) atoms. The molecule has 1 atom stereocenters. The van der Waals surface area contributed by atoms with Gasteiger partial charge in [-0.1, -0.05) is 12.8 Å². The molecule has 2 aliphatic rings. The van der Waals surface area contributed by atoms with E-state index >= 15 is 0 Å². The molecule has 1 saturated carbocycles. The van der Waals surface area contributed by atoms with E-state index in [0.717, 1.165) is 19.5 Å². The zero-order valence-corrected chi connectivity index (χ0v) is 10.2. The van der Waals surface area contributed by atoms with Gasteiger partial charge in [0.15, 0.2) is 0 Å². The van der Waals surface area contributed by atoms with Gasteiger partial charge in [-0.15, -0.1) is 12.4 Å². The molecule has 0 bridgehead atoms. The van der Waals surface area contributed by atoms with Crippen LogP contribution in [0.4, 0.5) is 0 Å². The fraction of sp³-hybridized carbons (Fsp3) is 0.909. The standard InChI is InChI=1S/C11H20N2O.ClH/c1-13(10-4-2-3-5-10)11(14)9-6-7-12-8-9;/h9-10,12H,2-8H2,1H3;1H/t9-;/m0./s1. The normalized spacial score (nSPS) is 26.3. The maximum atomic E-state index is 12.0. The second-order valence-electron chi connectivity index (χ2n) is 4.58. The predicted octanol–water partition coefficient (Wildman–Crippen LogP) is 1.42. The third-order valence-electron chi connectivity index (χ3n) is 3.63. The van der Waals surface area contributed by atoms with E-state index in [4.69, 9.17) is 0 Å². The van der Waals surface area contributed by atoms with Gasteiger partial charge in [0.25, 0.3) is 0 Å². The Morgan fingerprint density at radius 1 is 1.27 bits per heavy atom. The molecule has 4 heteroatoms. The first-order valence-corrected chi connectivity index (χ1v) is 5.76. The number of carbonyl (C=O) groups excluding carboxylic acids is 1. The number of halogens is 1. The van der Waals surface area contributed by atoms with Gasteiger partial charge in [-0.3, -0.25) is 4.79 Å². The first kappa shape index (κ1) is 12.8. The average Bonchev–Trinajstić information content (AvgIpc) is 2.87. The van der Waals surface area contributed by atoms with Gasteiger partial charge in [0, 0.05) is 19.6 Å². The quantitative estimate of drug-likeness (QED) is 0.781. The number of nitrogens with one attached hydrogen (secondary N) is 1. The highest BCUT2D eigenvalue weighted by Crippen LogP contribution is 2.24. The summed E-state index contributed by atoms with van der Waals surface area (Å²) in [4.78, 5) is 14.0. The van der Waals surface area contributed by atoms with Gasteiger partial charge >= 0.3 is 0 Å². The molecule has 1 N–H and O–H groups in total. The Kier molecular flexibility index (Phi) is 4.87. The maximum Gasteiger partial charge on any atom is 0.227 e. The molecule has 0 unspecified atom stereocenters. The van der Waals surface area contributed by atoms with Crippen molar-refractivity contribution in [3.05, 3.63) is 0 Å². The van der Waals surface area contributed by atoms with Crippen LogP contribution in [0.15, 0.2) is 0 Å². The summed E-state index contributed by atoms with van der Waals surface area (Å²) in [5.41, 5.74) is 0. The first-order chi connectivity index (χ1) is 6.79. The Morgan fingerprint density at radius 3 is 2.47 bits per heavy atom. The summed E-state index contributed by atoms with van der Waals surface area (Å²) in [5.74, 6) is 0.613. The molecule has 1 aliphatic heterocycles. The number of carbonyl (C=O) groups is 1. The lowest BCUT2D eigenvalue weighted by atomic mass is 10.1. The minimum Gasteiger partial charge on any atom is -0.342 e. The van der Waals surface area contributed by atoms with Crippen molar-refractivity contribution in [2.45, 2.75) is 38.1 Å². The highest BCUT2D eigenvalue weighted by Gasteiger charge is 2.30. The average molecular weight is 233 g/mol. The van der Waals surface area contributed by atoms with E-state index in [0.29, 0.717) is 11.9 Å². The molecule has 3 nitrogen and oxygen atoms in total. The van der Waals surface area contributed by atoms with Gasteiger partial charge in [-0.25, -0.2) is 0 Å². The second-order valence-corrected chi connectivity index (χ2v) is 4.58. The Morgan fingerprint density at radius 2 is 1.93 bits per heavy atom. The van der Waals surface area contributed by atoms with E-state index in [1.807, 2.05) is 11.9 Å². The predicted molar refractivity (Wildman–Crippen MR) is 63.3 cm³/mol. The van der Waals surface area contributed by atoms with Crippen molar-refractivity contribution < 1.29 is 4.79 Å². The molecule has 0 radical (unpaired) electrons. The van der Waals surface area contributed by atoms with Crippen LogP contribution < -0.4 is 5.32 Å². The van der Waals surface area contributed by atoms with Crippen molar-refractivity contribution in [2.24, 2.45) is 5.92 Å². The largest absolute Gasteiger partial charge is 0.342 e. The van der Waals surface area contributed by atoms with Gasteiger partial charge < -0.3 is 10.2 Å². The van der Waals surface area contributed by atoms with Crippen molar-refractivity contribution in [3.8, 4) is 0 Å². The molecule has 0 aromatic heterocycles. The fourth-order valence-corrected chi connectivity index (χ4v) is 2.62. The number of amides is 1. The van der Waals surface area contributed by atoms with E-state index in [1.165, 1.54) is 25.7 Å². The van der Waals surface area contributed by atoms with Crippen LogP contribution in [0.3, 0.4) is 0 Å². The molecule has 0 spiro atoms. The van der Waals surface area contributed by atoms with Crippen molar-refractivity contribution in [2.75, 3.05) is 20.1 Å². The van der Waals surface area contributed by atoms with Crippen molar-refractivity contribution in [1.29, 1.82) is 0 Å². The van der Waals surface area contributed by atoms with E-state index < -0.39 is 0 Å². The minimum atomic E-state index is 0. The molecule has 0 aromatic rings. The molecule has 1 heterocycles.